The lowest BCUT2D eigenvalue weighted by Gasteiger charge is -2.63. The molecule has 4 heteroatoms. The second-order valence-corrected chi connectivity index (χ2v) is 7.90. The van der Waals surface area contributed by atoms with Crippen molar-refractivity contribution in [2.45, 2.75) is 50.2 Å². The van der Waals surface area contributed by atoms with E-state index in [0.717, 1.165) is 31.5 Å². The van der Waals surface area contributed by atoms with Crippen molar-refractivity contribution >= 4 is 0 Å². The highest BCUT2D eigenvalue weighted by atomic mass is 16.5. The Morgan fingerprint density at radius 3 is 3.00 bits per heavy atom. The normalized spacial score (nSPS) is 35.0. The van der Waals surface area contributed by atoms with Gasteiger partial charge in [-0.2, -0.15) is 0 Å². The van der Waals surface area contributed by atoms with Crippen molar-refractivity contribution in [3.63, 3.8) is 0 Å². The van der Waals surface area contributed by atoms with Gasteiger partial charge in [0.15, 0.2) is 0 Å². The van der Waals surface area contributed by atoms with E-state index in [9.17, 15) is 10.2 Å². The van der Waals surface area contributed by atoms with Gasteiger partial charge in [-0.05, 0) is 56.5 Å². The average molecular weight is 329 g/mol. The minimum absolute atomic E-state index is 0.114. The highest BCUT2D eigenvalue weighted by Gasteiger charge is 2.63. The Morgan fingerprint density at radius 1 is 1.38 bits per heavy atom. The number of likely N-dealkylation sites (tertiary alicyclic amines) is 1. The number of benzene rings is 1. The molecule has 0 saturated carbocycles. The summed E-state index contributed by atoms with van der Waals surface area (Å²) < 4.78 is 5.84. The number of hydrogen-bond acceptors (Lipinski definition) is 4. The van der Waals surface area contributed by atoms with Gasteiger partial charge in [0.1, 0.15) is 5.75 Å². The van der Waals surface area contributed by atoms with E-state index < -0.39 is 5.60 Å². The van der Waals surface area contributed by atoms with Crippen LogP contribution < -0.4 is 0 Å². The second kappa shape index (κ2) is 5.58. The van der Waals surface area contributed by atoms with Crippen molar-refractivity contribution in [2.75, 3.05) is 26.3 Å². The van der Waals surface area contributed by atoms with Crippen LogP contribution in [0.2, 0.25) is 0 Å². The predicted octanol–water partition coefficient (Wildman–Crippen LogP) is 2.38. The molecule has 130 valence electrons. The quantitative estimate of drug-likeness (QED) is 0.818. The fraction of sp³-hybridized carbons (Fsp3) is 0.600. The maximum Gasteiger partial charge on any atom is 0.115 e. The van der Waals surface area contributed by atoms with E-state index in [1.807, 2.05) is 12.1 Å². The smallest absolute Gasteiger partial charge is 0.115 e. The lowest BCUT2D eigenvalue weighted by atomic mass is 9.53. The molecule has 1 aromatic rings. The van der Waals surface area contributed by atoms with E-state index in [-0.39, 0.29) is 17.2 Å². The number of piperidine rings is 1. The molecule has 2 fully saturated rings. The molecule has 0 amide bonds. The molecule has 24 heavy (non-hydrogen) atoms. The molecule has 4 rings (SSSR count). The van der Waals surface area contributed by atoms with Gasteiger partial charge in [-0.1, -0.05) is 17.7 Å². The number of phenolic OH excluding ortho intramolecular Hbond substituents is 1. The summed E-state index contributed by atoms with van der Waals surface area (Å²) in [7, 11) is 0. The molecule has 0 radical (unpaired) electrons. The van der Waals surface area contributed by atoms with Crippen LogP contribution in [0.3, 0.4) is 0 Å². The van der Waals surface area contributed by atoms with E-state index in [4.69, 9.17) is 4.74 Å². The van der Waals surface area contributed by atoms with Gasteiger partial charge in [0, 0.05) is 25.6 Å². The number of aromatic hydroxyl groups is 1. The highest BCUT2D eigenvalue weighted by Crippen LogP contribution is 2.55. The molecule has 2 N–H and O–H groups in total. The number of nitrogens with zero attached hydrogens (tertiary/aromatic N) is 1. The fourth-order valence-electron chi connectivity index (χ4n) is 5.06. The number of rotatable bonds is 2. The van der Waals surface area contributed by atoms with Crippen LogP contribution in [-0.4, -0.2) is 53.1 Å². The summed E-state index contributed by atoms with van der Waals surface area (Å²) in [5.41, 5.74) is 2.49. The zero-order valence-corrected chi connectivity index (χ0v) is 14.6. The summed E-state index contributed by atoms with van der Waals surface area (Å²) >= 11 is 0. The molecule has 0 spiro atoms. The summed E-state index contributed by atoms with van der Waals surface area (Å²) in [4.78, 5) is 2.44. The fourth-order valence-corrected chi connectivity index (χ4v) is 5.06. The zero-order valence-electron chi connectivity index (χ0n) is 14.6. The number of fused-ring (bicyclic) bond motifs is 1. The Hall–Kier alpha value is -1.36. The lowest BCUT2D eigenvalue weighted by molar-refractivity contribution is -0.200. The number of hydrogen-bond donors (Lipinski definition) is 2. The number of ether oxygens (including phenoxy) is 1. The van der Waals surface area contributed by atoms with Gasteiger partial charge < -0.3 is 14.9 Å². The molecule has 0 unspecified atom stereocenters. The minimum atomic E-state index is -0.778. The summed E-state index contributed by atoms with van der Waals surface area (Å²) in [5.74, 6) is 0.279. The summed E-state index contributed by atoms with van der Waals surface area (Å²) in [5, 5.41) is 21.8. The molecule has 1 aliphatic carbocycles. The third kappa shape index (κ3) is 2.17. The monoisotopic (exact) mass is 329 g/mol. The van der Waals surface area contributed by atoms with Crippen molar-refractivity contribution in [1.29, 1.82) is 0 Å². The molecule has 2 heterocycles. The first-order chi connectivity index (χ1) is 11.5. The van der Waals surface area contributed by atoms with Crippen LogP contribution in [-0.2, 0) is 16.6 Å². The molecule has 4 nitrogen and oxygen atoms in total. The predicted molar refractivity (Wildman–Crippen MR) is 93.3 cm³/mol. The van der Waals surface area contributed by atoms with Crippen molar-refractivity contribution in [3.8, 4) is 5.75 Å². The first-order valence-corrected chi connectivity index (χ1v) is 8.96. The van der Waals surface area contributed by atoms with Gasteiger partial charge in [0.05, 0.1) is 17.6 Å². The Labute approximate surface area is 143 Å². The van der Waals surface area contributed by atoms with Crippen LogP contribution in [0.25, 0.3) is 0 Å². The Kier molecular flexibility index (Phi) is 3.75. The van der Waals surface area contributed by atoms with Crippen LogP contribution in [0, 0.1) is 0 Å². The van der Waals surface area contributed by atoms with Crippen LogP contribution in [0.1, 0.15) is 37.8 Å². The molecule has 3 aliphatic rings. The maximum atomic E-state index is 11.8. The molecule has 1 aromatic carbocycles. The van der Waals surface area contributed by atoms with Gasteiger partial charge in [-0.25, -0.2) is 0 Å². The van der Waals surface area contributed by atoms with E-state index in [2.05, 4.69) is 24.8 Å². The zero-order chi connectivity index (χ0) is 16.9. The van der Waals surface area contributed by atoms with Crippen molar-refractivity contribution in [2.24, 2.45) is 0 Å². The van der Waals surface area contributed by atoms with E-state index in [0.29, 0.717) is 19.6 Å². The summed E-state index contributed by atoms with van der Waals surface area (Å²) in [6, 6.07) is 5.76. The van der Waals surface area contributed by atoms with E-state index in [1.54, 1.807) is 6.07 Å². The van der Waals surface area contributed by atoms with E-state index in [1.165, 1.54) is 11.1 Å². The topological polar surface area (TPSA) is 52.9 Å². The largest absolute Gasteiger partial charge is 0.508 e. The molecule has 2 saturated heterocycles. The molecule has 2 aliphatic heterocycles. The Bertz CT molecular complexity index is 681. The Balaban J connectivity index is 1.81. The summed E-state index contributed by atoms with van der Waals surface area (Å²) in [6.07, 6.45) is 4.62. The number of allylic oxidation sites excluding steroid dienone is 1. The summed E-state index contributed by atoms with van der Waals surface area (Å²) in [6.45, 7) is 7.24. The lowest BCUT2D eigenvalue weighted by Crippen LogP contribution is -2.74. The van der Waals surface area contributed by atoms with Gasteiger partial charge in [-0.15, -0.1) is 0 Å². The third-order valence-electron chi connectivity index (χ3n) is 6.38. The SMILES string of the molecule is CC(C)=CCN1CC[C@]23COCC[C@@]2(O)[C@H]1Cc1ccc(O)cc13. The molecular formula is C20H27NO3. The van der Waals surface area contributed by atoms with Crippen LogP contribution >= 0.6 is 0 Å². The first-order valence-electron chi connectivity index (χ1n) is 8.96. The van der Waals surface area contributed by atoms with Crippen LogP contribution in [0.15, 0.2) is 29.8 Å². The van der Waals surface area contributed by atoms with Gasteiger partial charge in [-0.3, -0.25) is 4.90 Å². The maximum absolute atomic E-state index is 11.8. The van der Waals surface area contributed by atoms with Gasteiger partial charge in [0.25, 0.3) is 0 Å². The molecule has 3 atom stereocenters. The highest BCUT2D eigenvalue weighted by molar-refractivity contribution is 5.48. The second-order valence-electron chi connectivity index (χ2n) is 7.90. The van der Waals surface area contributed by atoms with Gasteiger partial charge >= 0.3 is 0 Å². The van der Waals surface area contributed by atoms with Gasteiger partial charge in [0.2, 0.25) is 0 Å². The van der Waals surface area contributed by atoms with Crippen molar-refractivity contribution in [1.82, 2.24) is 4.90 Å². The third-order valence-corrected chi connectivity index (χ3v) is 6.38. The van der Waals surface area contributed by atoms with E-state index >= 15 is 0 Å². The average Bonchev–Trinajstić information content (AvgIpc) is 2.54. The molecule has 0 aromatic heterocycles. The van der Waals surface area contributed by atoms with Crippen LogP contribution in [0.5, 0.6) is 5.75 Å². The first kappa shape index (κ1) is 16.1. The van der Waals surface area contributed by atoms with Crippen LogP contribution in [0.4, 0.5) is 0 Å². The standard InChI is InChI=1S/C20H27NO3/c1-14(2)5-8-21-9-6-19-13-24-10-7-20(19,23)18(21)11-15-3-4-16(22)12-17(15)19/h3-5,12,18,22-23H,6-11,13H2,1-2H3/t18-,19-,20-/m1/s1. The Morgan fingerprint density at radius 2 is 2.21 bits per heavy atom. The number of aliphatic hydroxyl groups is 1. The van der Waals surface area contributed by atoms with Crippen molar-refractivity contribution < 1.29 is 14.9 Å². The van der Waals surface area contributed by atoms with Crippen molar-refractivity contribution in [3.05, 3.63) is 41.0 Å². The minimum Gasteiger partial charge on any atom is -0.508 e. The molecule has 2 bridgehead atoms. The number of phenols is 1. The molecular weight excluding hydrogens is 302 g/mol.